The molecule has 1 aromatic heterocycles. The maximum atomic E-state index is 14.6. The Morgan fingerprint density at radius 1 is 1.06 bits per heavy atom. The van der Waals surface area contributed by atoms with Gasteiger partial charge < -0.3 is 15.4 Å². The number of nitrogens with one attached hydrogen (secondary N) is 2. The molecule has 2 aliphatic heterocycles. The molecule has 33 heavy (non-hydrogen) atoms. The van der Waals surface area contributed by atoms with Crippen molar-refractivity contribution in [3.05, 3.63) is 36.3 Å². The van der Waals surface area contributed by atoms with Gasteiger partial charge in [-0.25, -0.2) is 9.37 Å². The summed E-state index contributed by atoms with van der Waals surface area (Å²) in [5, 5.41) is 6.59. The quantitative estimate of drug-likeness (QED) is 0.569. The molecule has 0 spiro atoms. The van der Waals surface area contributed by atoms with E-state index in [1.807, 2.05) is 24.3 Å². The van der Waals surface area contributed by atoms with Crippen LogP contribution in [0.4, 0.5) is 21.8 Å². The number of hydrogen-bond donors (Lipinski definition) is 2. The van der Waals surface area contributed by atoms with Gasteiger partial charge in [-0.05, 0) is 96.0 Å². The van der Waals surface area contributed by atoms with Crippen LogP contribution < -0.4 is 15.4 Å². The van der Waals surface area contributed by atoms with Gasteiger partial charge in [0.05, 0.1) is 12.3 Å². The number of nitrogens with zero attached hydrogens (tertiary/aromatic N) is 3. The van der Waals surface area contributed by atoms with Crippen LogP contribution in [0.25, 0.3) is 0 Å². The number of rotatable bonds is 6. The number of halogens is 1. The van der Waals surface area contributed by atoms with Gasteiger partial charge in [-0.1, -0.05) is 6.42 Å². The number of hydrogen-bond acceptors (Lipinski definition) is 6. The lowest BCUT2D eigenvalue weighted by Crippen LogP contribution is -2.55. The molecule has 5 rings (SSSR count). The number of aromatic nitrogens is 2. The first-order chi connectivity index (χ1) is 16.0. The fourth-order valence-electron chi connectivity index (χ4n) is 5.96. The first-order valence-corrected chi connectivity index (χ1v) is 12.6. The summed E-state index contributed by atoms with van der Waals surface area (Å²) in [5.74, 6) is 1.13. The zero-order valence-corrected chi connectivity index (χ0v) is 19.8. The Morgan fingerprint density at radius 3 is 2.64 bits per heavy atom. The van der Waals surface area contributed by atoms with E-state index >= 15 is 0 Å². The summed E-state index contributed by atoms with van der Waals surface area (Å²) in [6.45, 7) is 5.76. The van der Waals surface area contributed by atoms with E-state index in [0.717, 1.165) is 37.1 Å². The number of anilines is 3. The van der Waals surface area contributed by atoms with E-state index in [2.05, 4.69) is 39.3 Å². The standard InChI is InChI=1S/C26H36FN5O/c1-26(2)16-19(15-20-7-6-14-32(20)26)29-24-23(27)17-28-25(31-24)30-18-10-12-22(13-11-18)33-21-8-4-3-5-9-21/h10-13,17,19-21H,3-9,14-16H2,1-2H3,(H2,28,29,30,31)/t19-,20+/m1/s1. The molecule has 3 aliphatic rings. The second kappa shape index (κ2) is 9.45. The number of ether oxygens (including phenoxy) is 1. The minimum absolute atomic E-state index is 0.114. The van der Waals surface area contributed by atoms with Crippen LogP contribution in [0, 0.1) is 5.82 Å². The van der Waals surface area contributed by atoms with Crippen LogP contribution in [0.1, 0.15) is 71.6 Å². The smallest absolute Gasteiger partial charge is 0.229 e. The molecule has 3 heterocycles. The van der Waals surface area contributed by atoms with Gasteiger partial charge >= 0.3 is 0 Å². The fourth-order valence-corrected chi connectivity index (χ4v) is 5.96. The minimum atomic E-state index is -0.413. The Labute approximate surface area is 196 Å². The highest BCUT2D eigenvalue weighted by Gasteiger charge is 2.43. The molecule has 178 valence electrons. The SMILES string of the molecule is CC1(C)C[C@H](Nc2nc(Nc3ccc(OC4CCCCC4)cc3)ncc2F)C[C@@H]2CCCN21. The molecular weight excluding hydrogens is 417 g/mol. The summed E-state index contributed by atoms with van der Waals surface area (Å²) in [5.41, 5.74) is 0.965. The first-order valence-electron chi connectivity index (χ1n) is 12.6. The fraction of sp³-hybridized carbons (Fsp3) is 0.615. The number of fused-ring (bicyclic) bond motifs is 1. The molecule has 6 nitrogen and oxygen atoms in total. The largest absolute Gasteiger partial charge is 0.490 e. The highest BCUT2D eigenvalue weighted by Crippen LogP contribution is 2.38. The Morgan fingerprint density at radius 2 is 1.85 bits per heavy atom. The highest BCUT2D eigenvalue weighted by atomic mass is 19.1. The van der Waals surface area contributed by atoms with Crippen molar-refractivity contribution in [1.29, 1.82) is 0 Å². The van der Waals surface area contributed by atoms with Gasteiger partial charge in [0.25, 0.3) is 0 Å². The van der Waals surface area contributed by atoms with Crippen LogP contribution in [-0.2, 0) is 0 Å². The van der Waals surface area contributed by atoms with Crippen LogP contribution in [0.15, 0.2) is 30.5 Å². The molecule has 2 saturated heterocycles. The molecular formula is C26H36FN5O. The number of piperidine rings is 1. The lowest BCUT2D eigenvalue weighted by molar-refractivity contribution is 0.0500. The average Bonchev–Trinajstić information content (AvgIpc) is 3.28. The van der Waals surface area contributed by atoms with Crippen LogP contribution in [0.5, 0.6) is 5.75 Å². The Bertz CT molecular complexity index is 944. The van der Waals surface area contributed by atoms with E-state index in [1.54, 1.807) is 0 Å². The summed E-state index contributed by atoms with van der Waals surface area (Å²) < 4.78 is 20.7. The predicted octanol–water partition coefficient (Wildman–Crippen LogP) is 5.89. The van der Waals surface area contributed by atoms with Crippen LogP contribution in [-0.4, -0.2) is 45.1 Å². The summed E-state index contributed by atoms with van der Waals surface area (Å²) in [6.07, 6.45) is 12.1. The molecule has 0 radical (unpaired) electrons. The van der Waals surface area contributed by atoms with Crippen molar-refractivity contribution in [2.24, 2.45) is 0 Å². The molecule has 0 amide bonds. The van der Waals surface area contributed by atoms with E-state index in [1.165, 1.54) is 44.8 Å². The second-order valence-corrected chi connectivity index (χ2v) is 10.5. The van der Waals surface area contributed by atoms with Crippen LogP contribution in [0.2, 0.25) is 0 Å². The lowest BCUT2D eigenvalue weighted by Gasteiger charge is -2.47. The van der Waals surface area contributed by atoms with Crippen molar-refractivity contribution in [3.8, 4) is 5.75 Å². The molecule has 0 unspecified atom stereocenters. The van der Waals surface area contributed by atoms with E-state index in [-0.39, 0.29) is 17.4 Å². The van der Waals surface area contributed by atoms with Gasteiger partial charge in [-0.3, -0.25) is 4.90 Å². The third kappa shape index (κ3) is 5.24. The van der Waals surface area contributed by atoms with Crippen molar-refractivity contribution >= 4 is 17.5 Å². The van der Waals surface area contributed by atoms with E-state index in [0.29, 0.717) is 18.1 Å². The minimum Gasteiger partial charge on any atom is -0.490 e. The molecule has 1 aliphatic carbocycles. The summed E-state index contributed by atoms with van der Waals surface area (Å²) in [6, 6.07) is 8.62. The maximum Gasteiger partial charge on any atom is 0.229 e. The Hall–Kier alpha value is -2.41. The van der Waals surface area contributed by atoms with Crippen molar-refractivity contribution in [1.82, 2.24) is 14.9 Å². The molecule has 1 saturated carbocycles. The van der Waals surface area contributed by atoms with Crippen molar-refractivity contribution in [3.63, 3.8) is 0 Å². The van der Waals surface area contributed by atoms with Gasteiger partial charge in [0, 0.05) is 23.3 Å². The Balaban J connectivity index is 1.22. The second-order valence-electron chi connectivity index (χ2n) is 10.5. The molecule has 2 atom stereocenters. The van der Waals surface area contributed by atoms with Crippen LogP contribution in [0.3, 0.4) is 0 Å². The van der Waals surface area contributed by atoms with Gasteiger partial charge in [0.15, 0.2) is 11.6 Å². The zero-order valence-electron chi connectivity index (χ0n) is 19.8. The van der Waals surface area contributed by atoms with Crippen molar-refractivity contribution in [2.75, 3.05) is 17.2 Å². The van der Waals surface area contributed by atoms with Gasteiger partial charge in [-0.2, -0.15) is 4.98 Å². The topological polar surface area (TPSA) is 62.3 Å². The third-order valence-electron chi connectivity index (χ3n) is 7.51. The average molecular weight is 454 g/mol. The Kier molecular flexibility index (Phi) is 6.41. The number of benzene rings is 1. The van der Waals surface area contributed by atoms with E-state index < -0.39 is 5.82 Å². The summed E-state index contributed by atoms with van der Waals surface area (Å²) in [7, 11) is 0. The summed E-state index contributed by atoms with van der Waals surface area (Å²) in [4.78, 5) is 11.2. The molecule has 7 heteroatoms. The van der Waals surface area contributed by atoms with Gasteiger partial charge in [-0.15, -0.1) is 0 Å². The third-order valence-corrected chi connectivity index (χ3v) is 7.51. The molecule has 0 bridgehead atoms. The maximum absolute atomic E-state index is 14.6. The van der Waals surface area contributed by atoms with Gasteiger partial charge in [0.2, 0.25) is 5.95 Å². The predicted molar refractivity (Wildman–Crippen MR) is 130 cm³/mol. The highest BCUT2D eigenvalue weighted by molar-refractivity contribution is 5.56. The first kappa shape index (κ1) is 22.4. The lowest BCUT2D eigenvalue weighted by atomic mass is 9.84. The molecule has 2 N–H and O–H groups in total. The summed E-state index contributed by atoms with van der Waals surface area (Å²) >= 11 is 0. The van der Waals surface area contributed by atoms with Crippen LogP contribution >= 0.6 is 0 Å². The van der Waals surface area contributed by atoms with Gasteiger partial charge in [0.1, 0.15) is 5.75 Å². The monoisotopic (exact) mass is 453 g/mol. The van der Waals surface area contributed by atoms with Crippen molar-refractivity contribution < 1.29 is 9.13 Å². The normalized spacial score (nSPS) is 25.4. The van der Waals surface area contributed by atoms with E-state index in [4.69, 9.17) is 4.74 Å². The van der Waals surface area contributed by atoms with E-state index in [9.17, 15) is 4.39 Å². The molecule has 2 aromatic rings. The molecule has 3 fully saturated rings. The van der Waals surface area contributed by atoms with Crippen molar-refractivity contribution in [2.45, 2.75) is 95.4 Å². The molecule has 1 aromatic carbocycles. The zero-order chi connectivity index (χ0) is 22.8.